The normalized spacial score (nSPS) is 41.9. The van der Waals surface area contributed by atoms with Crippen LogP contribution < -0.4 is 5.32 Å². The van der Waals surface area contributed by atoms with Crippen molar-refractivity contribution >= 4 is 5.97 Å². The number of carbonyl (C=O) groups excluding carboxylic acids is 1. The topological polar surface area (TPSA) is 56.8 Å². The molecular weight excluding hydrogens is 378 g/mol. The summed E-state index contributed by atoms with van der Waals surface area (Å²) in [6.45, 7) is 11.3. The molecule has 170 valence electrons. The summed E-state index contributed by atoms with van der Waals surface area (Å²) in [7, 11) is 1.43. The summed E-state index contributed by atoms with van der Waals surface area (Å²) in [5.74, 6) is 1.46. The fourth-order valence-corrected chi connectivity index (χ4v) is 7.37. The van der Waals surface area contributed by atoms with Crippen molar-refractivity contribution in [2.45, 2.75) is 84.0 Å². The standard InChI is InChI=1S/C25H41NO4/c1-17-9-10-20-24(2,19(17)12-14-26-15-22(27)28-4)13-11-21-25(20,3)16-29-23(30-21)18-7-5-6-8-18/h18-21,23,26H,1,5-16H2,2-4H3/t19-,20?,21-,23-,24+,25+/m1/s1. The van der Waals surface area contributed by atoms with E-state index in [-0.39, 0.29) is 29.6 Å². The molecule has 4 rings (SSSR count). The van der Waals surface area contributed by atoms with Crippen LogP contribution in [0.4, 0.5) is 0 Å². The van der Waals surface area contributed by atoms with Crippen molar-refractivity contribution in [2.24, 2.45) is 28.6 Å². The van der Waals surface area contributed by atoms with E-state index in [1.54, 1.807) is 0 Å². The quantitative estimate of drug-likeness (QED) is 0.391. The average Bonchev–Trinajstić information content (AvgIpc) is 3.26. The Morgan fingerprint density at radius 2 is 1.97 bits per heavy atom. The molecule has 0 aromatic carbocycles. The second-order valence-corrected chi connectivity index (χ2v) is 10.7. The summed E-state index contributed by atoms with van der Waals surface area (Å²) in [5, 5.41) is 3.25. The molecule has 0 aromatic heterocycles. The third-order valence-electron chi connectivity index (χ3n) is 9.06. The molecule has 3 aliphatic carbocycles. The number of allylic oxidation sites excluding steroid dienone is 1. The first kappa shape index (κ1) is 22.3. The summed E-state index contributed by atoms with van der Waals surface area (Å²) in [5.41, 5.74) is 1.69. The Morgan fingerprint density at radius 1 is 1.20 bits per heavy atom. The van der Waals surface area contributed by atoms with Crippen molar-refractivity contribution in [2.75, 3.05) is 26.8 Å². The van der Waals surface area contributed by atoms with Gasteiger partial charge >= 0.3 is 5.97 Å². The first-order valence-corrected chi connectivity index (χ1v) is 12.1. The summed E-state index contributed by atoms with van der Waals surface area (Å²) >= 11 is 0. The van der Waals surface area contributed by atoms with E-state index in [2.05, 4.69) is 25.7 Å². The molecule has 4 aliphatic rings. The van der Waals surface area contributed by atoms with Crippen LogP contribution in [0.2, 0.25) is 0 Å². The number of esters is 1. The zero-order valence-electron chi connectivity index (χ0n) is 19.2. The summed E-state index contributed by atoms with van der Waals surface area (Å²) in [6, 6.07) is 0. The molecule has 1 saturated heterocycles. The Morgan fingerprint density at radius 3 is 2.70 bits per heavy atom. The number of ether oxygens (including phenoxy) is 3. The molecule has 1 heterocycles. The average molecular weight is 420 g/mol. The van der Waals surface area contributed by atoms with E-state index in [0.717, 1.165) is 32.4 Å². The molecule has 6 atom stereocenters. The first-order chi connectivity index (χ1) is 14.4. The van der Waals surface area contributed by atoms with Crippen molar-refractivity contribution in [3.05, 3.63) is 12.2 Å². The molecule has 1 N–H and O–H groups in total. The lowest BCUT2D eigenvalue weighted by atomic mass is 9.46. The van der Waals surface area contributed by atoms with E-state index < -0.39 is 0 Å². The van der Waals surface area contributed by atoms with Crippen LogP contribution in [0.1, 0.15) is 71.6 Å². The number of methoxy groups -OCH3 is 1. The highest BCUT2D eigenvalue weighted by atomic mass is 16.7. The zero-order valence-corrected chi connectivity index (χ0v) is 19.2. The van der Waals surface area contributed by atoms with Gasteiger partial charge in [0.15, 0.2) is 6.29 Å². The van der Waals surface area contributed by atoms with Crippen LogP contribution in [-0.4, -0.2) is 45.2 Å². The molecule has 4 fully saturated rings. The van der Waals surface area contributed by atoms with E-state index in [1.165, 1.54) is 51.2 Å². The van der Waals surface area contributed by atoms with E-state index in [4.69, 9.17) is 14.2 Å². The molecule has 5 nitrogen and oxygen atoms in total. The van der Waals surface area contributed by atoms with Crippen LogP contribution in [0.3, 0.4) is 0 Å². The predicted molar refractivity (Wildman–Crippen MR) is 117 cm³/mol. The zero-order chi connectivity index (χ0) is 21.4. The molecule has 0 aromatic rings. The van der Waals surface area contributed by atoms with Crippen molar-refractivity contribution in [1.82, 2.24) is 5.32 Å². The molecular formula is C25H41NO4. The van der Waals surface area contributed by atoms with Crippen molar-refractivity contribution in [3.63, 3.8) is 0 Å². The van der Waals surface area contributed by atoms with Crippen LogP contribution in [0.25, 0.3) is 0 Å². The maximum absolute atomic E-state index is 11.4. The molecule has 1 aliphatic heterocycles. The molecule has 1 unspecified atom stereocenters. The number of carbonyl (C=O) groups is 1. The van der Waals surface area contributed by atoms with E-state index in [9.17, 15) is 4.79 Å². The molecule has 30 heavy (non-hydrogen) atoms. The van der Waals surface area contributed by atoms with Gasteiger partial charge in [-0.05, 0) is 68.7 Å². The van der Waals surface area contributed by atoms with Gasteiger partial charge in [-0.15, -0.1) is 0 Å². The highest BCUT2D eigenvalue weighted by Gasteiger charge is 2.60. The highest BCUT2D eigenvalue weighted by molar-refractivity contribution is 5.71. The van der Waals surface area contributed by atoms with Crippen LogP contribution in [0.15, 0.2) is 12.2 Å². The van der Waals surface area contributed by atoms with E-state index in [1.807, 2.05) is 0 Å². The van der Waals surface area contributed by atoms with Gasteiger partial charge in [0.1, 0.15) is 0 Å². The lowest BCUT2D eigenvalue weighted by Gasteiger charge is -2.63. The van der Waals surface area contributed by atoms with Crippen LogP contribution in [0.5, 0.6) is 0 Å². The van der Waals surface area contributed by atoms with Crippen LogP contribution in [0, 0.1) is 28.6 Å². The lowest BCUT2D eigenvalue weighted by Crippen LogP contribution is -2.62. The van der Waals surface area contributed by atoms with Gasteiger partial charge in [-0.3, -0.25) is 4.79 Å². The molecule has 0 amide bonds. The largest absolute Gasteiger partial charge is 0.468 e. The molecule has 0 bridgehead atoms. The maximum Gasteiger partial charge on any atom is 0.319 e. The van der Waals surface area contributed by atoms with Gasteiger partial charge in [-0.1, -0.05) is 38.8 Å². The Labute approximate surface area is 182 Å². The summed E-state index contributed by atoms with van der Waals surface area (Å²) < 4.78 is 17.8. The third-order valence-corrected chi connectivity index (χ3v) is 9.06. The maximum atomic E-state index is 11.4. The Kier molecular flexibility index (Phi) is 6.62. The SMILES string of the molecule is C=C1CCC2[C@]3(C)CO[C@@H](C4CCCC4)O[C@@H]3CC[C@@]2(C)[C@@H]1CCNCC(=O)OC. The van der Waals surface area contributed by atoms with Gasteiger partial charge in [-0.25, -0.2) is 0 Å². The molecule has 5 heteroatoms. The minimum Gasteiger partial charge on any atom is -0.468 e. The summed E-state index contributed by atoms with van der Waals surface area (Å²) in [6.07, 6.45) is 11.1. The summed E-state index contributed by atoms with van der Waals surface area (Å²) in [4.78, 5) is 11.4. The lowest BCUT2D eigenvalue weighted by molar-refractivity contribution is -0.316. The number of hydrogen-bond acceptors (Lipinski definition) is 5. The number of hydrogen-bond donors (Lipinski definition) is 1. The van der Waals surface area contributed by atoms with Crippen LogP contribution >= 0.6 is 0 Å². The van der Waals surface area contributed by atoms with E-state index >= 15 is 0 Å². The van der Waals surface area contributed by atoms with Crippen molar-refractivity contribution < 1.29 is 19.0 Å². The Bertz CT molecular complexity index is 645. The Balaban J connectivity index is 1.43. The molecule has 3 saturated carbocycles. The van der Waals surface area contributed by atoms with Gasteiger partial charge in [0.25, 0.3) is 0 Å². The van der Waals surface area contributed by atoms with Crippen LogP contribution in [-0.2, 0) is 19.0 Å². The van der Waals surface area contributed by atoms with E-state index in [0.29, 0.717) is 23.9 Å². The number of nitrogens with one attached hydrogen (secondary N) is 1. The van der Waals surface area contributed by atoms with Gasteiger partial charge in [0, 0.05) is 11.3 Å². The van der Waals surface area contributed by atoms with Gasteiger partial charge < -0.3 is 19.5 Å². The monoisotopic (exact) mass is 419 g/mol. The molecule has 0 spiro atoms. The third kappa shape index (κ3) is 3.98. The smallest absolute Gasteiger partial charge is 0.319 e. The second-order valence-electron chi connectivity index (χ2n) is 10.7. The fourth-order valence-electron chi connectivity index (χ4n) is 7.37. The van der Waals surface area contributed by atoms with Gasteiger partial charge in [0.05, 0.1) is 26.4 Å². The molecule has 0 radical (unpaired) electrons. The predicted octanol–water partition coefficient (Wildman–Crippen LogP) is 4.46. The second kappa shape index (κ2) is 8.91. The first-order valence-electron chi connectivity index (χ1n) is 12.1. The number of fused-ring (bicyclic) bond motifs is 3. The van der Waals surface area contributed by atoms with Gasteiger partial charge in [-0.2, -0.15) is 0 Å². The van der Waals surface area contributed by atoms with Crippen molar-refractivity contribution in [3.8, 4) is 0 Å². The Hall–Kier alpha value is -0.910. The highest BCUT2D eigenvalue weighted by Crippen LogP contribution is 2.63. The number of rotatable bonds is 6. The minimum absolute atomic E-state index is 0.0202. The van der Waals surface area contributed by atoms with Crippen molar-refractivity contribution in [1.29, 1.82) is 0 Å². The van der Waals surface area contributed by atoms with Gasteiger partial charge in [0.2, 0.25) is 0 Å². The fraction of sp³-hybridized carbons (Fsp3) is 0.880. The minimum atomic E-state index is -0.206.